The lowest BCUT2D eigenvalue weighted by Crippen LogP contribution is -2.03. The molecule has 0 atom stereocenters. The van der Waals surface area contributed by atoms with Gasteiger partial charge in [-0.15, -0.1) is 23.2 Å². The molecule has 1 aromatic rings. The van der Waals surface area contributed by atoms with Gasteiger partial charge in [0.15, 0.2) is 5.69 Å². The summed E-state index contributed by atoms with van der Waals surface area (Å²) in [5, 5.41) is 0.194. The SMILES string of the molecule is COc1nc(C)nc(OC)c1N.ClCCl. The quantitative estimate of drug-likeness (QED) is 0.815. The molecule has 0 amide bonds. The number of ether oxygens (including phenoxy) is 2. The van der Waals surface area contributed by atoms with Crippen LogP contribution in [0.25, 0.3) is 0 Å². The maximum absolute atomic E-state index is 5.60. The number of nitrogens with zero attached hydrogens (tertiary/aromatic N) is 2. The van der Waals surface area contributed by atoms with Crippen LogP contribution >= 0.6 is 23.2 Å². The first kappa shape index (κ1) is 14.1. The van der Waals surface area contributed by atoms with Gasteiger partial charge < -0.3 is 15.2 Å². The molecule has 1 aromatic heterocycles. The Hall–Kier alpha value is -0.940. The summed E-state index contributed by atoms with van der Waals surface area (Å²) in [5.41, 5.74) is 5.92. The average Bonchev–Trinajstić information content (AvgIpc) is 2.22. The van der Waals surface area contributed by atoms with Gasteiger partial charge in [-0.3, -0.25) is 0 Å². The smallest absolute Gasteiger partial charge is 0.244 e. The molecule has 0 aliphatic rings. The van der Waals surface area contributed by atoms with E-state index in [2.05, 4.69) is 9.97 Å². The zero-order valence-electron chi connectivity index (χ0n) is 8.75. The summed E-state index contributed by atoms with van der Waals surface area (Å²) in [7, 11) is 3.00. The molecule has 0 spiro atoms. The van der Waals surface area contributed by atoms with E-state index >= 15 is 0 Å². The minimum Gasteiger partial charge on any atom is -0.479 e. The summed E-state index contributed by atoms with van der Waals surface area (Å²) in [5.74, 6) is 1.26. The number of hydrogen-bond donors (Lipinski definition) is 1. The lowest BCUT2D eigenvalue weighted by Gasteiger charge is -2.07. The summed E-state index contributed by atoms with van der Waals surface area (Å²) in [4.78, 5) is 7.92. The summed E-state index contributed by atoms with van der Waals surface area (Å²) in [6.45, 7) is 1.74. The molecule has 7 heteroatoms. The molecule has 0 unspecified atom stereocenters. The van der Waals surface area contributed by atoms with Gasteiger partial charge in [-0.05, 0) is 6.92 Å². The van der Waals surface area contributed by atoms with Crippen molar-refractivity contribution in [3.8, 4) is 11.8 Å². The third kappa shape index (κ3) is 4.40. The van der Waals surface area contributed by atoms with Gasteiger partial charge in [-0.25, -0.2) is 0 Å². The number of anilines is 1. The summed E-state index contributed by atoms with van der Waals surface area (Å²) in [6, 6.07) is 0. The van der Waals surface area contributed by atoms with Gasteiger partial charge >= 0.3 is 0 Å². The third-order valence-electron chi connectivity index (χ3n) is 1.37. The van der Waals surface area contributed by atoms with Crippen LogP contribution in [0, 0.1) is 6.92 Å². The molecule has 5 nitrogen and oxygen atoms in total. The van der Waals surface area contributed by atoms with Gasteiger partial charge in [-0.1, -0.05) is 0 Å². The highest BCUT2D eigenvalue weighted by Crippen LogP contribution is 2.26. The molecule has 0 bridgehead atoms. The predicted molar refractivity (Wildman–Crippen MR) is 60.9 cm³/mol. The molecule has 0 saturated heterocycles. The van der Waals surface area contributed by atoms with E-state index in [0.717, 1.165) is 0 Å². The number of methoxy groups -OCH3 is 2. The number of aromatic nitrogens is 2. The molecular formula is C8H13Cl2N3O2. The van der Waals surface area contributed by atoms with E-state index in [0.29, 0.717) is 23.3 Å². The number of nitrogens with two attached hydrogens (primary N) is 1. The molecule has 0 saturated carbocycles. The normalized spacial score (nSPS) is 8.87. The van der Waals surface area contributed by atoms with Crippen LogP contribution in [-0.4, -0.2) is 29.5 Å². The van der Waals surface area contributed by atoms with Crippen molar-refractivity contribution in [2.75, 3.05) is 25.3 Å². The van der Waals surface area contributed by atoms with E-state index in [4.69, 9.17) is 38.4 Å². The highest BCUT2D eigenvalue weighted by Gasteiger charge is 2.09. The highest BCUT2D eigenvalue weighted by atomic mass is 35.5. The third-order valence-corrected chi connectivity index (χ3v) is 1.37. The fraction of sp³-hybridized carbons (Fsp3) is 0.500. The van der Waals surface area contributed by atoms with Gasteiger partial charge in [0.25, 0.3) is 0 Å². The minimum atomic E-state index is 0.194. The van der Waals surface area contributed by atoms with Gasteiger partial charge in [0, 0.05) is 0 Å². The zero-order chi connectivity index (χ0) is 11.8. The Morgan fingerprint density at radius 3 is 1.73 bits per heavy atom. The maximum Gasteiger partial charge on any atom is 0.244 e. The lowest BCUT2D eigenvalue weighted by atomic mass is 10.5. The van der Waals surface area contributed by atoms with Crippen LogP contribution in [0.1, 0.15) is 5.82 Å². The molecule has 86 valence electrons. The molecule has 0 radical (unpaired) electrons. The number of rotatable bonds is 2. The van der Waals surface area contributed by atoms with Gasteiger partial charge in [0.1, 0.15) is 5.82 Å². The van der Waals surface area contributed by atoms with Crippen LogP contribution in [0.4, 0.5) is 5.69 Å². The van der Waals surface area contributed by atoms with Crippen LogP contribution in [0.15, 0.2) is 0 Å². The summed E-state index contributed by atoms with van der Waals surface area (Å²) < 4.78 is 9.82. The van der Waals surface area contributed by atoms with Crippen molar-refractivity contribution in [1.82, 2.24) is 9.97 Å². The second-order valence-electron chi connectivity index (χ2n) is 2.30. The number of nitrogen functional groups attached to an aromatic ring is 1. The van der Waals surface area contributed by atoms with Crippen LogP contribution in [-0.2, 0) is 0 Å². The monoisotopic (exact) mass is 253 g/mol. The van der Waals surface area contributed by atoms with Crippen molar-refractivity contribution in [3.63, 3.8) is 0 Å². The van der Waals surface area contributed by atoms with E-state index in [1.165, 1.54) is 14.2 Å². The predicted octanol–water partition coefficient (Wildman–Crippen LogP) is 1.81. The Labute approximate surface area is 98.5 Å². The van der Waals surface area contributed by atoms with Crippen molar-refractivity contribution in [3.05, 3.63) is 5.82 Å². The van der Waals surface area contributed by atoms with Gasteiger partial charge in [0.05, 0.1) is 19.6 Å². The minimum absolute atomic E-state index is 0.194. The largest absolute Gasteiger partial charge is 0.479 e. The first-order chi connectivity index (χ1) is 7.10. The van der Waals surface area contributed by atoms with Gasteiger partial charge in [0.2, 0.25) is 11.8 Å². The molecular weight excluding hydrogens is 241 g/mol. The first-order valence-electron chi connectivity index (χ1n) is 3.94. The van der Waals surface area contributed by atoms with Crippen molar-refractivity contribution in [2.45, 2.75) is 6.92 Å². The molecule has 0 aliphatic carbocycles. The van der Waals surface area contributed by atoms with Crippen LogP contribution in [0.2, 0.25) is 0 Å². The fourth-order valence-electron chi connectivity index (χ4n) is 0.842. The summed E-state index contributed by atoms with van der Waals surface area (Å²) in [6.07, 6.45) is 0. The first-order valence-corrected chi connectivity index (χ1v) is 5.01. The average molecular weight is 254 g/mol. The van der Waals surface area contributed by atoms with E-state index in [-0.39, 0.29) is 5.34 Å². The molecule has 0 aromatic carbocycles. The second-order valence-corrected chi connectivity index (χ2v) is 3.11. The number of aryl methyl sites for hydroxylation is 1. The Kier molecular flexibility index (Phi) is 6.90. The van der Waals surface area contributed by atoms with Crippen molar-refractivity contribution in [2.24, 2.45) is 0 Å². The Morgan fingerprint density at radius 1 is 1.13 bits per heavy atom. The Bertz CT molecular complexity index is 285. The van der Waals surface area contributed by atoms with Crippen molar-refractivity contribution >= 4 is 28.9 Å². The molecule has 1 heterocycles. The maximum atomic E-state index is 5.60. The van der Waals surface area contributed by atoms with Crippen molar-refractivity contribution in [1.29, 1.82) is 0 Å². The molecule has 0 fully saturated rings. The molecule has 15 heavy (non-hydrogen) atoms. The number of halogens is 2. The number of hydrogen-bond acceptors (Lipinski definition) is 5. The van der Waals surface area contributed by atoms with Crippen LogP contribution < -0.4 is 15.2 Å². The molecule has 1 rings (SSSR count). The fourth-order valence-corrected chi connectivity index (χ4v) is 0.842. The highest BCUT2D eigenvalue weighted by molar-refractivity contribution is 6.40. The van der Waals surface area contributed by atoms with Crippen LogP contribution in [0.3, 0.4) is 0 Å². The summed E-state index contributed by atoms with van der Waals surface area (Å²) >= 11 is 9.53. The molecule has 2 N–H and O–H groups in total. The topological polar surface area (TPSA) is 70.3 Å². The Balaban J connectivity index is 0.000000583. The van der Waals surface area contributed by atoms with E-state index in [9.17, 15) is 0 Å². The van der Waals surface area contributed by atoms with E-state index in [1.807, 2.05) is 0 Å². The van der Waals surface area contributed by atoms with Crippen LogP contribution in [0.5, 0.6) is 11.8 Å². The van der Waals surface area contributed by atoms with Gasteiger partial charge in [-0.2, -0.15) is 9.97 Å². The zero-order valence-corrected chi connectivity index (χ0v) is 10.3. The standard InChI is InChI=1S/C7H11N3O2.CH2Cl2/c1-4-9-6(11-2)5(8)7(10-4)12-3;2-1-3/h8H2,1-3H3;1H2. The van der Waals surface area contributed by atoms with Crippen molar-refractivity contribution < 1.29 is 9.47 Å². The second kappa shape index (κ2) is 7.36. The number of alkyl halides is 2. The molecule has 0 aliphatic heterocycles. The van der Waals surface area contributed by atoms with E-state index in [1.54, 1.807) is 6.92 Å². The van der Waals surface area contributed by atoms with E-state index < -0.39 is 0 Å². The Morgan fingerprint density at radius 2 is 1.47 bits per heavy atom. The lowest BCUT2D eigenvalue weighted by molar-refractivity contribution is 0.374.